The monoisotopic (exact) mass is 442 g/mol. The van der Waals surface area contributed by atoms with Gasteiger partial charge in [-0.15, -0.1) is 11.3 Å². The molecule has 2 heterocycles. The molecule has 0 aliphatic rings. The predicted molar refractivity (Wildman–Crippen MR) is 105 cm³/mol. The highest BCUT2D eigenvalue weighted by Gasteiger charge is 2.31. The van der Waals surface area contributed by atoms with Gasteiger partial charge in [-0.2, -0.15) is 0 Å². The Kier molecular flexibility index (Phi) is 5.97. The lowest BCUT2D eigenvalue weighted by molar-refractivity contribution is 0.569. The molecule has 3 aromatic rings. The Bertz CT molecular complexity index is 1120. The maximum absolute atomic E-state index is 13.1. The van der Waals surface area contributed by atoms with Crippen molar-refractivity contribution >= 4 is 42.8 Å². The van der Waals surface area contributed by atoms with Gasteiger partial charge in [-0.25, -0.2) is 21.6 Å². The minimum absolute atomic E-state index is 0.0227. The van der Waals surface area contributed by atoms with E-state index in [0.717, 1.165) is 11.3 Å². The molecule has 0 saturated heterocycles. The third-order valence-corrected chi connectivity index (χ3v) is 9.04. The summed E-state index contributed by atoms with van der Waals surface area (Å²) in [5.41, 5.74) is 0.397. The van der Waals surface area contributed by atoms with E-state index in [-0.39, 0.29) is 15.6 Å². The molecule has 1 N–H and O–H groups in total. The van der Waals surface area contributed by atoms with Crippen LogP contribution in [0.2, 0.25) is 4.34 Å². The van der Waals surface area contributed by atoms with Gasteiger partial charge in [0, 0.05) is 18.9 Å². The van der Waals surface area contributed by atoms with E-state index in [4.69, 9.17) is 11.6 Å². The van der Waals surface area contributed by atoms with E-state index in [1.807, 2.05) is 0 Å². The van der Waals surface area contributed by atoms with Crippen molar-refractivity contribution in [2.24, 2.45) is 0 Å². The number of hydrogen-bond donors (Lipinski definition) is 1. The zero-order valence-corrected chi connectivity index (χ0v) is 17.0. The molecule has 2 aromatic heterocycles. The third kappa shape index (κ3) is 4.56. The fraction of sp³-hybridized carbons (Fsp3) is 0.118. The number of rotatable bonds is 7. The second kappa shape index (κ2) is 8.07. The summed E-state index contributed by atoms with van der Waals surface area (Å²) >= 11 is 6.70. The molecule has 0 aliphatic heterocycles. The molecule has 6 nitrogen and oxygen atoms in total. The molecule has 27 heavy (non-hydrogen) atoms. The summed E-state index contributed by atoms with van der Waals surface area (Å²) in [7, 11) is -7.73. The van der Waals surface area contributed by atoms with Crippen LogP contribution in [0.25, 0.3) is 0 Å². The molecule has 1 atom stereocenters. The Morgan fingerprint density at radius 1 is 1.00 bits per heavy atom. The van der Waals surface area contributed by atoms with Crippen molar-refractivity contribution in [1.82, 2.24) is 9.71 Å². The van der Waals surface area contributed by atoms with E-state index in [0.29, 0.717) is 9.90 Å². The lowest BCUT2D eigenvalue weighted by Gasteiger charge is -2.18. The quantitative estimate of drug-likeness (QED) is 0.606. The number of sulfone groups is 1. The number of thiophene rings is 1. The average Bonchev–Trinajstić information content (AvgIpc) is 3.11. The normalized spacial score (nSPS) is 13.4. The first-order valence-electron chi connectivity index (χ1n) is 7.74. The number of nitrogens with one attached hydrogen (secondary N) is 1. The zero-order valence-electron chi connectivity index (χ0n) is 13.8. The van der Waals surface area contributed by atoms with Crippen LogP contribution in [0, 0.1) is 0 Å². The fourth-order valence-electron chi connectivity index (χ4n) is 2.45. The van der Waals surface area contributed by atoms with Gasteiger partial charge in [-0.1, -0.05) is 35.9 Å². The van der Waals surface area contributed by atoms with Gasteiger partial charge >= 0.3 is 0 Å². The van der Waals surface area contributed by atoms with Crippen LogP contribution in [0.15, 0.2) is 76.1 Å². The van der Waals surface area contributed by atoms with Crippen molar-refractivity contribution < 1.29 is 16.8 Å². The Morgan fingerprint density at radius 2 is 1.74 bits per heavy atom. The molecule has 0 amide bonds. The van der Waals surface area contributed by atoms with Crippen LogP contribution in [0.3, 0.4) is 0 Å². The first-order valence-corrected chi connectivity index (χ1v) is 12.0. The highest BCUT2D eigenvalue weighted by atomic mass is 35.5. The van der Waals surface area contributed by atoms with Gasteiger partial charge in [-0.3, -0.25) is 4.98 Å². The number of pyridine rings is 1. The predicted octanol–water partition coefficient (Wildman–Crippen LogP) is 3.29. The van der Waals surface area contributed by atoms with Crippen LogP contribution in [-0.4, -0.2) is 28.4 Å². The second-order valence-electron chi connectivity index (χ2n) is 5.54. The van der Waals surface area contributed by atoms with E-state index in [2.05, 4.69) is 9.71 Å². The molecule has 10 heteroatoms. The topological polar surface area (TPSA) is 93.2 Å². The second-order valence-corrected chi connectivity index (χ2v) is 11.4. The van der Waals surface area contributed by atoms with Gasteiger partial charge in [0.05, 0.1) is 9.23 Å². The number of nitrogens with zero attached hydrogens (tertiary/aromatic N) is 1. The van der Waals surface area contributed by atoms with E-state index < -0.39 is 25.1 Å². The number of sulfonamides is 1. The van der Waals surface area contributed by atoms with E-state index >= 15 is 0 Å². The Hall–Kier alpha value is -1.78. The smallest absolute Gasteiger partial charge is 0.250 e. The van der Waals surface area contributed by atoms with Crippen LogP contribution < -0.4 is 4.72 Å². The standard InChI is InChI=1S/C17H15ClN2O4S3/c18-16-8-9-17(25-16)27(23,24)20-12-15(13-5-4-10-19-11-13)26(21,22)14-6-2-1-3-7-14/h1-11,15,20H,12H2/t15-/m1/s1. The molecular formula is C17H15ClN2O4S3. The maximum Gasteiger partial charge on any atom is 0.250 e. The zero-order chi connectivity index (χ0) is 19.5. The van der Waals surface area contributed by atoms with Gasteiger partial charge < -0.3 is 0 Å². The molecule has 0 spiro atoms. The van der Waals surface area contributed by atoms with Gasteiger partial charge in [0.15, 0.2) is 9.84 Å². The van der Waals surface area contributed by atoms with Crippen LogP contribution in [0.5, 0.6) is 0 Å². The number of benzene rings is 1. The lowest BCUT2D eigenvalue weighted by atomic mass is 10.2. The Balaban J connectivity index is 1.95. The maximum atomic E-state index is 13.1. The first kappa shape index (κ1) is 20.0. The van der Waals surface area contributed by atoms with Gasteiger partial charge in [-0.05, 0) is 35.9 Å². The Labute approximate surface area is 166 Å². The highest BCUT2D eigenvalue weighted by Crippen LogP contribution is 2.29. The summed E-state index contributed by atoms with van der Waals surface area (Å²) in [6.07, 6.45) is 2.94. The van der Waals surface area contributed by atoms with Crippen LogP contribution in [0.1, 0.15) is 10.8 Å². The minimum Gasteiger partial charge on any atom is -0.264 e. The number of hydrogen-bond acceptors (Lipinski definition) is 6. The SMILES string of the molecule is O=S(=O)(NC[C@H](c1cccnc1)S(=O)(=O)c1ccccc1)c1ccc(Cl)s1. The van der Waals surface area contributed by atoms with Gasteiger partial charge in [0.25, 0.3) is 0 Å². The van der Waals surface area contributed by atoms with Crippen molar-refractivity contribution in [1.29, 1.82) is 0 Å². The van der Waals surface area contributed by atoms with Crippen molar-refractivity contribution in [3.63, 3.8) is 0 Å². The minimum atomic E-state index is -3.89. The summed E-state index contributed by atoms with van der Waals surface area (Å²) < 4.78 is 53.9. The molecule has 0 aliphatic carbocycles. The van der Waals surface area contributed by atoms with Gasteiger partial charge in [0.2, 0.25) is 10.0 Å². The summed E-state index contributed by atoms with van der Waals surface area (Å²) in [5, 5.41) is -1.13. The summed E-state index contributed by atoms with van der Waals surface area (Å²) in [5.74, 6) is 0. The molecule has 0 unspecified atom stereocenters. The molecule has 1 aromatic carbocycles. The van der Waals surface area contributed by atoms with E-state index in [9.17, 15) is 16.8 Å². The van der Waals surface area contributed by atoms with Crippen molar-refractivity contribution in [3.8, 4) is 0 Å². The van der Waals surface area contributed by atoms with E-state index in [1.165, 1.54) is 36.7 Å². The van der Waals surface area contributed by atoms with Crippen LogP contribution in [0.4, 0.5) is 0 Å². The summed E-state index contributed by atoms with van der Waals surface area (Å²) in [6.45, 7) is -0.333. The third-order valence-electron chi connectivity index (χ3n) is 3.77. The molecule has 0 bridgehead atoms. The molecule has 0 fully saturated rings. The van der Waals surface area contributed by atoms with E-state index in [1.54, 1.807) is 30.3 Å². The van der Waals surface area contributed by atoms with Crippen molar-refractivity contribution in [3.05, 3.63) is 76.9 Å². The highest BCUT2D eigenvalue weighted by molar-refractivity contribution is 7.92. The average molecular weight is 443 g/mol. The molecular weight excluding hydrogens is 428 g/mol. The largest absolute Gasteiger partial charge is 0.264 e. The summed E-state index contributed by atoms with van der Waals surface area (Å²) in [6, 6.07) is 14.0. The van der Waals surface area contributed by atoms with Crippen molar-refractivity contribution in [2.45, 2.75) is 14.4 Å². The Morgan fingerprint density at radius 3 is 2.33 bits per heavy atom. The van der Waals surface area contributed by atoms with Gasteiger partial charge in [0.1, 0.15) is 9.46 Å². The number of halogens is 1. The molecule has 3 rings (SSSR count). The molecule has 0 saturated carbocycles. The molecule has 0 radical (unpaired) electrons. The number of aromatic nitrogens is 1. The first-order chi connectivity index (χ1) is 12.8. The fourth-order valence-corrected chi connectivity index (χ4v) is 6.79. The lowest BCUT2D eigenvalue weighted by Crippen LogP contribution is -2.31. The summed E-state index contributed by atoms with van der Waals surface area (Å²) in [4.78, 5) is 4.07. The van der Waals surface area contributed by atoms with Crippen LogP contribution in [-0.2, 0) is 19.9 Å². The molecule has 142 valence electrons. The van der Waals surface area contributed by atoms with Crippen molar-refractivity contribution in [2.75, 3.05) is 6.54 Å². The van der Waals surface area contributed by atoms with Crippen LogP contribution >= 0.6 is 22.9 Å².